The van der Waals surface area contributed by atoms with E-state index >= 15 is 0 Å². The zero-order valence-electron chi connectivity index (χ0n) is 14.8. The second-order valence-electron chi connectivity index (χ2n) is 5.98. The molecule has 26 heavy (non-hydrogen) atoms. The van der Waals surface area contributed by atoms with E-state index in [4.69, 9.17) is 13.9 Å². The molecule has 0 saturated carbocycles. The van der Waals surface area contributed by atoms with Crippen LogP contribution in [0.2, 0.25) is 0 Å². The fourth-order valence-electron chi connectivity index (χ4n) is 2.47. The average molecular weight is 358 g/mol. The molecule has 1 atom stereocenters. The van der Waals surface area contributed by atoms with Gasteiger partial charge in [-0.1, -0.05) is 0 Å². The summed E-state index contributed by atoms with van der Waals surface area (Å²) in [6, 6.07) is 8.68. The molecule has 2 heterocycles. The molecule has 3 rings (SSSR count). The van der Waals surface area contributed by atoms with Crippen molar-refractivity contribution in [3.8, 4) is 5.75 Å². The lowest BCUT2D eigenvalue weighted by atomic mass is 10.2. The van der Waals surface area contributed by atoms with Gasteiger partial charge in [0.1, 0.15) is 30.1 Å². The van der Waals surface area contributed by atoms with E-state index in [2.05, 4.69) is 15.5 Å². The largest absolute Gasteiger partial charge is 0.492 e. The third-order valence-electron chi connectivity index (χ3n) is 3.94. The lowest BCUT2D eigenvalue weighted by Gasteiger charge is -2.15. The fourth-order valence-corrected chi connectivity index (χ4v) is 2.47. The highest BCUT2D eigenvalue weighted by Gasteiger charge is 2.08. The zero-order chi connectivity index (χ0) is 18.4. The molecule has 0 bridgehead atoms. The summed E-state index contributed by atoms with van der Waals surface area (Å²) >= 11 is 0. The minimum Gasteiger partial charge on any atom is -0.492 e. The Hall–Kier alpha value is -2.71. The standard InChI is InChI=1S/C18H22N4O4/c1-13(19-10-17-21-20-12-22(17)7-8-24-2)11-25-15-5-3-14-4-6-18(23)26-16(14)9-15/h3-6,9,12-13,19H,7-8,10-11H2,1-2H3. The number of methoxy groups -OCH3 is 1. The van der Waals surface area contributed by atoms with Gasteiger partial charge in [-0.25, -0.2) is 4.79 Å². The molecule has 0 saturated heterocycles. The minimum atomic E-state index is -0.373. The van der Waals surface area contributed by atoms with Crippen molar-refractivity contribution in [1.29, 1.82) is 0 Å². The Labute approximate surface area is 150 Å². The highest BCUT2D eigenvalue weighted by molar-refractivity contribution is 5.77. The maximum Gasteiger partial charge on any atom is 0.336 e. The predicted octanol–water partition coefficient (Wildman–Crippen LogP) is 1.59. The molecule has 0 spiro atoms. The molecule has 2 aromatic heterocycles. The number of hydrogen-bond donors (Lipinski definition) is 1. The van der Waals surface area contributed by atoms with Gasteiger partial charge in [-0.3, -0.25) is 0 Å². The van der Waals surface area contributed by atoms with Crippen LogP contribution in [0.5, 0.6) is 5.75 Å². The van der Waals surface area contributed by atoms with Gasteiger partial charge in [0.05, 0.1) is 13.2 Å². The van der Waals surface area contributed by atoms with Crippen molar-refractivity contribution in [3.05, 3.63) is 52.9 Å². The SMILES string of the molecule is COCCn1cnnc1CNC(C)COc1ccc2ccc(=O)oc2c1. The van der Waals surface area contributed by atoms with Crippen LogP contribution >= 0.6 is 0 Å². The Morgan fingerprint density at radius 1 is 1.31 bits per heavy atom. The second kappa shape index (κ2) is 8.59. The summed E-state index contributed by atoms with van der Waals surface area (Å²) < 4.78 is 18.0. The number of rotatable bonds is 9. The molecule has 0 aliphatic carbocycles. The van der Waals surface area contributed by atoms with Crippen molar-refractivity contribution in [2.24, 2.45) is 0 Å². The molecule has 138 valence electrons. The summed E-state index contributed by atoms with van der Waals surface area (Å²) in [5.41, 5.74) is 0.143. The van der Waals surface area contributed by atoms with Gasteiger partial charge in [0.15, 0.2) is 0 Å². The van der Waals surface area contributed by atoms with Crippen molar-refractivity contribution >= 4 is 11.0 Å². The number of nitrogens with one attached hydrogen (secondary N) is 1. The summed E-state index contributed by atoms with van der Waals surface area (Å²) in [6.45, 7) is 4.40. The monoisotopic (exact) mass is 358 g/mol. The Kier molecular flexibility index (Phi) is 5.98. The molecule has 8 heteroatoms. The van der Waals surface area contributed by atoms with Crippen LogP contribution in [0, 0.1) is 0 Å². The summed E-state index contributed by atoms with van der Waals surface area (Å²) in [5.74, 6) is 1.50. The third-order valence-corrected chi connectivity index (χ3v) is 3.94. The Morgan fingerprint density at radius 3 is 3.00 bits per heavy atom. The van der Waals surface area contributed by atoms with Gasteiger partial charge in [0, 0.05) is 37.2 Å². The van der Waals surface area contributed by atoms with Gasteiger partial charge >= 0.3 is 5.63 Å². The Balaban J connectivity index is 1.52. The molecule has 0 amide bonds. The van der Waals surface area contributed by atoms with E-state index in [1.807, 2.05) is 23.6 Å². The zero-order valence-corrected chi connectivity index (χ0v) is 14.8. The molecule has 3 aromatic rings. The molecular formula is C18H22N4O4. The van der Waals surface area contributed by atoms with Gasteiger partial charge in [-0.05, 0) is 25.1 Å². The van der Waals surface area contributed by atoms with E-state index in [0.717, 1.165) is 11.2 Å². The van der Waals surface area contributed by atoms with Gasteiger partial charge in [0.25, 0.3) is 0 Å². The van der Waals surface area contributed by atoms with E-state index in [1.165, 1.54) is 6.07 Å². The highest BCUT2D eigenvalue weighted by atomic mass is 16.5. The third kappa shape index (κ3) is 4.68. The van der Waals surface area contributed by atoms with Gasteiger partial charge in [-0.15, -0.1) is 10.2 Å². The van der Waals surface area contributed by atoms with Crippen LogP contribution in [0.1, 0.15) is 12.7 Å². The lowest BCUT2D eigenvalue weighted by Crippen LogP contribution is -2.32. The molecule has 0 aliphatic rings. The maximum atomic E-state index is 11.3. The molecule has 1 aromatic carbocycles. The van der Waals surface area contributed by atoms with Crippen LogP contribution in [0.25, 0.3) is 11.0 Å². The van der Waals surface area contributed by atoms with Crippen molar-refractivity contribution in [2.75, 3.05) is 20.3 Å². The summed E-state index contributed by atoms with van der Waals surface area (Å²) in [4.78, 5) is 11.3. The van der Waals surface area contributed by atoms with Crippen molar-refractivity contribution < 1.29 is 13.9 Å². The Morgan fingerprint density at radius 2 is 2.15 bits per heavy atom. The van der Waals surface area contributed by atoms with E-state index < -0.39 is 0 Å². The summed E-state index contributed by atoms with van der Waals surface area (Å²) in [6.07, 6.45) is 1.69. The van der Waals surface area contributed by atoms with Crippen LogP contribution < -0.4 is 15.7 Å². The minimum absolute atomic E-state index is 0.0982. The molecule has 0 fully saturated rings. The average Bonchev–Trinajstić information content (AvgIpc) is 3.10. The summed E-state index contributed by atoms with van der Waals surface area (Å²) in [5, 5.41) is 12.3. The first-order valence-electron chi connectivity index (χ1n) is 8.41. The van der Waals surface area contributed by atoms with Gasteiger partial charge < -0.3 is 23.8 Å². The van der Waals surface area contributed by atoms with E-state index in [-0.39, 0.29) is 11.7 Å². The number of aromatic nitrogens is 3. The molecule has 0 aliphatic heterocycles. The maximum absolute atomic E-state index is 11.3. The number of fused-ring (bicyclic) bond motifs is 1. The van der Waals surface area contributed by atoms with Crippen molar-refractivity contribution in [3.63, 3.8) is 0 Å². The van der Waals surface area contributed by atoms with E-state index in [1.54, 1.807) is 25.6 Å². The smallest absolute Gasteiger partial charge is 0.336 e. The topological polar surface area (TPSA) is 91.4 Å². The van der Waals surface area contributed by atoms with Gasteiger partial charge in [-0.2, -0.15) is 0 Å². The molecule has 1 N–H and O–H groups in total. The molecule has 0 radical (unpaired) electrons. The number of hydrogen-bond acceptors (Lipinski definition) is 7. The quantitative estimate of drug-likeness (QED) is 0.581. The Bertz CT molecular complexity index is 905. The van der Waals surface area contributed by atoms with Crippen LogP contribution in [0.15, 0.2) is 45.9 Å². The molecular weight excluding hydrogens is 336 g/mol. The van der Waals surface area contributed by atoms with Crippen LogP contribution in [0.3, 0.4) is 0 Å². The van der Waals surface area contributed by atoms with Crippen molar-refractivity contribution in [2.45, 2.75) is 26.1 Å². The molecule has 1 unspecified atom stereocenters. The van der Waals surface area contributed by atoms with Crippen LogP contribution in [-0.4, -0.2) is 41.1 Å². The number of nitrogens with zero attached hydrogens (tertiary/aromatic N) is 3. The van der Waals surface area contributed by atoms with Crippen LogP contribution in [-0.2, 0) is 17.8 Å². The first kappa shape index (κ1) is 18.1. The highest BCUT2D eigenvalue weighted by Crippen LogP contribution is 2.19. The summed E-state index contributed by atoms with van der Waals surface area (Å²) in [7, 11) is 1.67. The number of ether oxygens (including phenoxy) is 2. The normalized spacial score (nSPS) is 12.4. The molecule has 8 nitrogen and oxygen atoms in total. The number of benzene rings is 1. The van der Waals surface area contributed by atoms with Crippen molar-refractivity contribution in [1.82, 2.24) is 20.1 Å². The first-order valence-corrected chi connectivity index (χ1v) is 8.41. The lowest BCUT2D eigenvalue weighted by molar-refractivity contribution is 0.186. The fraction of sp³-hybridized carbons (Fsp3) is 0.389. The van der Waals surface area contributed by atoms with E-state index in [0.29, 0.717) is 37.6 Å². The second-order valence-corrected chi connectivity index (χ2v) is 5.98. The van der Waals surface area contributed by atoms with E-state index in [9.17, 15) is 4.79 Å². The van der Waals surface area contributed by atoms with Gasteiger partial charge in [0.2, 0.25) is 0 Å². The van der Waals surface area contributed by atoms with Crippen LogP contribution in [0.4, 0.5) is 0 Å². The first-order chi connectivity index (χ1) is 12.7. The predicted molar refractivity (Wildman–Crippen MR) is 96.2 cm³/mol.